The Bertz CT molecular complexity index is 1100. The van der Waals surface area contributed by atoms with Crippen molar-refractivity contribution in [2.75, 3.05) is 0 Å². The lowest BCUT2D eigenvalue weighted by Gasteiger charge is -1.97. The van der Waals surface area contributed by atoms with E-state index < -0.39 is 0 Å². The lowest BCUT2D eigenvalue weighted by Crippen LogP contribution is -1.97. The minimum Gasteiger partial charge on any atom is -0.388 e. The number of nitrogens with zero attached hydrogens (tertiary/aromatic N) is 8. The molecule has 0 aliphatic heterocycles. The zero-order valence-corrected chi connectivity index (χ0v) is 14.9. The zero-order chi connectivity index (χ0) is 18.8. The molecule has 0 aliphatic carbocycles. The first-order valence-electron chi connectivity index (χ1n) is 7.88. The smallest absolute Gasteiger partial charge is 0.253 e. The number of fused-ring (bicyclic) bond motifs is 2. The van der Waals surface area contributed by atoms with Gasteiger partial charge in [-0.3, -0.25) is 4.79 Å². The molecule has 0 atom stereocenters. The summed E-state index contributed by atoms with van der Waals surface area (Å²) < 4.78 is 3.18. The van der Waals surface area contributed by atoms with Crippen LogP contribution in [0, 0.1) is 27.7 Å². The maximum Gasteiger partial charge on any atom is 0.253 e. The van der Waals surface area contributed by atoms with Gasteiger partial charge in [-0.1, -0.05) is 0 Å². The highest BCUT2D eigenvalue weighted by Crippen LogP contribution is 2.05. The number of aldehydes is 1. The van der Waals surface area contributed by atoms with E-state index in [1.807, 2.05) is 39.8 Å². The Hall–Kier alpha value is -3.27. The zero-order valence-electron chi connectivity index (χ0n) is 14.9. The van der Waals surface area contributed by atoms with E-state index in [4.69, 9.17) is 5.11 Å². The molecule has 0 aliphatic rings. The van der Waals surface area contributed by atoms with E-state index >= 15 is 0 Å². The molecule has 0 aromatic carbocycles. The fourth-order valence-electron chi connectivity index (χ4n) is 2.51. The molecule has 26 heavy (non-hydrogen) atoms. The van der Waals surface area contributed by atoms with Crippen LogP contribution in [0.2, 0.25) is 0 Å². The van der Waals surface area contributed by atoms with Crippen LogP contribution in [0.3, 0.4) is 0 Å². The van der Waals surface area contributed by atoms with Crippen molar-refractivity contribution >= 4 is 17.8 Å². The predicted octanol–water partition coefficient (Wildman–Crippen LogP) is 0.787. The summed E-state index contributed by atoms with van der Waals surface area (Å²) in [6, 6.07) is 3.80. The molecule has 4 heterocycles. The third-order valence-corrected chi connectivity index (χ3v) is 3.54. The first-order valence-corrected chi connectivity index (χ1v) is 7.88. The van der Waals surface area contributed by atoms with Gasteiger partial charge in [-0.2, -0.15) is 9.97 Å². The number of hydrogen-bond acceptors (Lipinski definition) is 8. The molecular weight excluding hydrogens is 336 g/mol. The van der Waals surface area contributed by atoms with E-state index in [1.165, 1.54) is 0 Å². The van der Waals surface area contributed by atoms with Crippen molar-refractivity contribution in [3.63, 3.8) is 0 Å². The van der Waals surface area contributed by atoms with E-state index in [0.717, 1.165) is 22.8 Å². The number of aliphatic hydroxyl groups excluding tert-OH is 1. The molecular formula is C16H18N8O2. The number of carbonyl (C=O) groups excluding carboxylic acids is 1. The van der Waals surface area contributed by atoms with Crippen molar-refractivity contribution in [1.82, 2.24) is 39.2 Å². The first kappa shape index (κ1) is 17.5. The lowest BCUT2D eigenvalue weighted by molar-refractivity contribution is 0.111. The van der Waals surface area contributed by atoms with Gasteiger partial charge in [0.25, 0.3) is 11.6 Å². The van der Waals surface area contributed by atoms with Gasteiger partial charge in [0.15, 0.2) is 12.1 Å². The molecule has 1 N–H and O–H groups in total. The van der Waals surface area contributed by atoms with Gasteiger partial charge in [-0.25, -0.2) is 19.0 Å². The summed E-state index contributed by atoms with van der Waals surface area (Å²) in [5.41, 5.74) is 3.66. The molecule has 4 aromatic rings. The van der Waals surface area contributed by atoms with Gasteiger partial charge < -0.3 is 5.11 Å². The van der Waals surface area contributed by atoms with Crippen LogP contribution < -0.4 is 0 Å². The van der Waals surface area contributed by atoms with Gasteiger partial charge >= 0.3 is 0 Å². The summed E-state index contributed by atoms with van der Waals surface area (Å²) in [5.74, 6) is 1.59. The van der Waals surface area contributed by atoms with E-state index in [-0.39, 0.29) is 12.4 Å². The van der Waals surface area contributed by atoms with E-state index in [9.17, 15) is 4.79 Å². The van der Waals surface area contributed by atoms with Gasteiger partial charge in [-0.05, 0) is 39.8 Å². The van der Waals surface area contributed by atoms with E-state index in [0.29, 0.717) is 23.7 Å². The SMILES string of the molecule is Cc1cc(C)n2nc(C=O)nc2n1.Cc1cc(C)n2nc(CO)nc2n1. The maximum atomic E-state index is 10.4. The average Bonchev–Trinajstić information content (AvgIpc) is 3.19. The molecule has 0 spiro atoms. The quantitative estimate of drug-likeness (QED) is 0.524. The molecule has 0 unspecified atom stereocenters. The van der Waals surface area contributed by atoms with Gasteiger partial charge in [0, 0.05) is 22.8 Å². The molecule has 0 saturated carbocycles. The van der Waals surface area contributed by atoms with Crippen LogP contribution in [0.5, 0.6) is 0 Å². The molecule has 0 bridgehead atoms. The number of aliphatic hydroxyl groups is 1. The summed E-state index contributed by atoms with van der Waals surface area (Å²) in [7, 11) is 0. The third-order valence-electron chi connectivity index (χ3n) is 3.54. The Morgan fingerprint density at radius 1 is 0.885 bits per heavy atom. The van der Waals surface area contributed by atoms with E-state index in [1.54, 1.807) is 9.03 Å². The standard InChI is InChI=1S/C8H10N4O.C8H8N4O/c2*1-5-3-6(2)12-8(9-5)10-7(4-13)11-12/h3,13H,4H2,1-2H3;3-4H,1-2H3. The molecule has 0 radical (unpaired) electrons. The van der Waals surface area contributed by atoms with Gasteiger partial charge in [0.1, 0.15) is 6.61 Å². The van der Waals surface area contributed by atoms with Crippen LogP contribution >= 0.6 is 0 Å². The Morgan fingerprint density at radius 3 is 1.96 bits per heavy atom. The second-order valence-corrected chi connectivity index (χ2v) is 5.78. The summed E-state index contributed by atoms with van der Waals surface area (Å²) >= 11 is 0. The highest BCUT2D eigenvalue weighted by Gasteiger charge is 2.06. The van der Waals surface area contributed by atoms with Crippen molar-refractivity contribution in [1.29, 1.82) is 0 Å². The maximum absolute atomic E-state index is 10.4. The first-order chi connectivity index (χ1) is 12.4. The average molecular weight is 354 g/mol. The van der Waals surface area contributed by atoms with Gasteiger partial charge in [0.05, 0.1) is 0 Å². The van der Waals surface area contributed by atoms with Crippen LogP contribution in [0.4, 0.5) is 0 Å². The van der Waals surface area contributed by atoms with Crippen molar-refractivity contribution in [3.8, 4) is 0 Å². The summed E-state index contributed by atoms with van der Waals surface area (Å²) in [6.45, 7) is 7.45. The fourth-order valence-corrected chi connectivity index (χ4v) is 2.51. The molecule has 0 amide bonds. The fraction of sp³-hybridized carbons (Fsp3) is 0.312. The van der Waals surface area contributed by atoms with Crippen LogP contribution in [-0.4, -0.2) is 50.6 Å². The van der Waals surface area contributed by atoms with Crippen LogP contribution in [0.15, 0.2) is 12.1 Å². The second-order valence-electron chi connectivity index (χ2n) is 5.78. The molecule has 134 valence electrons. The number of carbonyl (C=O) groups is 1. The lowest BCUT2D eigenvalue weighted by atomic mass is 10.4. The van der Waals surface area contributed by atoms with Crippen LogP contribution in [0.25, 0.3) is 11.6 Å². The molecule has 4 rings (SSSR count). The topological polar surface area (TPSA) is 123 Å². The molecule has 10 heteroatoms. The molecule has 0 saturated heterocycles. The normalized spacial score (nSPS) is 10.8. The Kier molecular flexibility index (Phi) is 4.67. The number of rotatable bonds is 2. The summed E-state index contributed by atoms with van der Waals surface area (Å²) in [6.07, 6.45) is 0.615. The van der Waals surface area contributed by atoms with Crippen molar-refractivity contribution in [2.45, 2.75) is 34.3 Å². The molecule has 10 nitrogen and oxygen atoms in total. The minimum absolute atomic E-state index is 0.151. The number of aryl methyl sites for hydroxylation is 4. The highest BCUT2D eigenvalue weighted by molar-refractivity contribution is 5.69. The van der Waals surface area contributed by atoms with Crippen molar-refractivity contribution in [2.24, 2.45) is 0 Å². The number of aromatic nitrogens is 8. The van der Waals surface area contributed by atoms with Crippen molar-refractivity contribution < 1.29 is 9.90 Å². The summed E-state index contributed by atoms with van der Waals surface area (Å²) in [4.78, 5) is 26.7. The Balaban J connectivity index is 0.000000151. The second kappa shape index (κ2) is 6.92. The third kappa shape index (κ3) is 3.40. The summed E-state index contributed by atoms with van der Waals surface area (Å²) in [5, 5.41) is 16.8. The predicted molar refractivity (Wildman–Crippen MR) is 91.8 cm³/mol. The Labute approximate surface area is 148 Å². The van der Waals surface area contributed by atoms with Crippen LogP contribution in [0.1, 0.15) is 39.2 Å². The number of hydrogen-bond donors (Lipinski definition) is 1. The monoisotopic (exact) mass is 354 g/mol. The van der Waals surface area contributed by atoms with Gasteiger partial charge in [0.2, 0.25) is 5.82 Å². The largest absolute Gasteiger partial charge is 0.388 e. The molecule has 0 fully saturated rings. The van der Waals surface area contributed by atoms with E-state index in [2.05, 4.69) is 30.1 Å². The minimum atomic E-state index is -0.151. The highest BCUT2D eigenvalue weighted by atomic mass is 16.3. The van der Waals surface area contributed by atoms with Gasteiger partial charge in [-0.15, -0.1) is 10.2 Å². The Morgan fingerprint density at radius 2 is 1.42 bits per heavy atom. The molecule has 4 aromatic heterocycles. The van der Waals surface area contributed by atoms with Crippen LogP contribution in [-0.2, 0) is 6.61 Å². The van der Waals surface area contributed by atoms with Crippen molar-refractivity contribution in [3.05, 3.63) is 46.6 Å².